The van der Waals surface area contributed by atoms with Gasteiger partial charge in [-0.25, -0.2) is 9.18 Å². The van der Waals surface area contributed by atoms with E-state index < -0.39 is 29.5 Å². The summed E-state index contributed by atoms with van der Waals surface area (Å²) in [6.45, 7) is 11.3. The number of nitrogens with one attached hydrogen (secondary N) is 1. The van der Waals surface area contributed by atoms with Crippen molar-refractivity contribution in [3.8, 4) is 5.75 Å². The maximum atomic E-state index is 15.0. The molecule has 0 unspecified atom stereocenters. The number of carboxylic acid groups (broad SMARTS) is 1. The molecule has 0 saturated heterocycles. The maximum Gasteiger partial charge on any atom is 0.344 e. The molecule has 2 atom stereocenters. The predicted molar refractivity (Wildman–Crippen MR) is 151 cm³/mol. The lowest BCUT2D eigenvalue weighted by Crippen LogP contribution is -2.26. The lowest BCUT2D eigenvalue weighted by atomic mass is 9.98. The molecule has 0 bridgehead atoms. The van der Waals surface area contributed by atoms with Gasteiger partial charge in [-0.3, -0.25) is 4.79 Å². The van der Waals surface area contributed by atoms with Crippen LogP contribution in [0.15, 0.2) is 54.6 Å². The van der Waals surface area contributed by atoms with E-state index in [4.69, 9.17) is 9.84 Å². The summed E-state index contributed by atoms with van der Waals surface area (Å²) in [4.78, 5) is 24.2. The van der Waals surface area contributed by atoms with E-state index in [-0.39, 0.29) is 24.1 Å². The Bertz CT molecular complexity index is 1590. The number of hydrogen-bond acceptors (Lipinski definition) is 3. The average molecular weight is 549 g/mol. The van der Waals surface area contributed by atoms with Crippen LogP contribution in [0.1, 0.15) is 78.0 Å². The Morgan fingerprint density at radius 1 is 0.950 bits per heavy atom. The molecule has 40 heavy (non-hydrogen) atoms. The molecule has 1 heterocycles. The SMILES string of the molecule is Cc1c(C)n(Cc2ccc(O[C@@H](C)C(=O)O)c(F)c2F)c2ccc(C(=O)N[C@@H](C)c3cccc(C(C)C)c3)cc12. The maximum absolute atomic E-state index is 15.0. The van der Waals surface area contributed by atoms with E-state index in [1.165, 1.54) is 24.6 Å². The average Bonchev–Trinajstić information content (AvgIpc) is 3.16. The second-order valence-electron chi connectivity index (χ2n) is 10.5. The summed E-state index contributed by atoms with van der Waals surface area (Å²) in [5.41, 5.74) is 5.40. The standard InChI is InChI=1S/C32H34F2N2O4/c1-17(2)22-8-7-9-23(14-22)19(4)35-31(37)24-10-12-27-26(15-24)18(3)20(5)36(27)16-25-11-13-28(30(34)29(25)33)40-21(6)32(38)39/h7-15,17,19,21H,16H2,1-6H3,(H,35,37)(H,38,39)/t19-,21-/m0/s1. The molecule has 0 saturated carbocycles. The van der Waals surface area contributed by atoms with Gasteiger partial charge in [-0.05, 0) is 74.6 Å². The van der Waals surface area contributed by atoms with Crippen molar-refractivity contribution in [2.45, 2.75) is 66.2 Å². The van der Waals surface area contributed by atoms with E-state index in [0.29, 0.717) is 11.5 Å². The highest BCUT2D eigenvalue weighted by Crippen LogP contribution is 2.30. The van der Waals surface area contributed by atoms with Crippen LogP contribution in [-0.4, -0.2) is 27.7 Å². The minimum absolute atomic E-state index is 0.0441. The number of nitrogens with zero attached hydrogens (tertiary/aromatic N) is 1. The normalized spacial score (nSPS) is 12.9. The lowest BCUT2D eigenvalue weighted by Gasteiger charge is -2.17. The van der Waals surface area contributed by atoms with Gasteiger partial charge in [-0.1, -0.05) is 44.2 Å². The predicted octanol–water partition coefficient (Wildman–Crippen LogP) is 7.05. The number of halogens is 2. The molecule has 0 aliphatic heterocycles. The number of amides is 1. The first-order valence-electron chi connectivity index (χ1n) is 13.3. The topological polar surface area (TPSA) is 80.6 Å². The van der Waals surface area contributed by atoms with E-state index in [0.717, 1.165) is 27.7 Å². The highest BCUT2D eigenvalue weighted by Gasteiger charge is 2.21. The highest BCUT2D eigenvalue weighted by atomic mass is 19.2. The van der Waals surface area contributed by atoms with Crippen LogP contribution < -0.4 is 10.1 Å². The van der Waals surface area contributed by atoms with Crippen LogP contribution in [0.4, 0.5) is 8.78 Å². The lowest BCUT2D eigenvalue weighted by molar-refractivity contribution is -0.144. The Labute approximate surface area is 232 Å². The quantitative estimate of drug-likeness (QED) is 0.235. The van der Waals surface area contributed by atoms with Crippen molar-refractivity contribution in [1.29, 1.82) is 0 Å². The van der Waals surface area contributed by atoms with E-state index in [1.54, 1.807) is 6.07 Å². The summed E-state index contributed by atoms with van der Waals surface area (Å²) in [6.07, 6.45) is -1.32. The number of aliphatic carboxylic acids is 1. The van der Waals surface area contributed by atoms with Gasteiger partial charge in [0.15, 0.2) is 17.7 Å². The van der Waals surface area contributed by atoms with Crippen LogP contribution in [0.3, 0.4) is 0 Å². The molecule has 4 rings (SSSR count). The second-order valence-corrected chi connectivity index (χ2v) is 10.5. The van der Waals surface area contributed by atoms with Crippen molar-refractivity contribution in [3.05, 3.63) is 99.7 Å². The van der Waals surface area contributed by atoms with Crippen LogP contribution in [-0.2, 0) is 11.3 Å². The van der Waals surface area contributed by atoms with Crippen LogP contribution in [0, 0.1) is 25.5 Å². The van der Waals surface area contributed by atoms with E-state index in [9.17, 15) is 18.4 Å². The van der Waals surface area contributed by atoms with Crippen LogP contribution >= 0.6 is 0 Å². The van der Waals surface area contributed by atoms with Crippen LogP contribution in [0.5, 0.6) is 5.75 Å². The first-order chi connectivity index (χ1) is 18.9. The summed E-state index contributed by atoms with van der Waals surface area (Å²) < 4.78 is 36.6. The van der Waals surface area contributed by atoms with Crippen LogP contribution in [0.25, 0.3) is 10.9 Å². The number of carboxylic acids is 1. The van der Waals surface area contributed by atoms with Gasteiger partial charge in [-0.2, -0.15) is 4.39 Å². The monoisotopic (exact) mass is 548 g/mol. The Morgan fingerprint density at radius 2 is 1.65 bits per heavy atom. The molecule has 0 aliphatic rings. The first kappa shape index (κ1) is 28.8. The summed E-state index contributed by atoms with van der Waals surface area (Å²) in [6, 6.07) is 16.0. The number of carbonyl (C=O) groups excluding carboxylic acids is 1. The molecule has 2 N–H and O–H groups in total. The van der Waals surface area contributed by atoms with Crippen LogP contribution in [0.2, 0.25) is 0 Å². The third kappa shape index (κ3) is 5.71. The van der Waals surface area contributed by atoms with Crippen molar-refractivity contribution in [3.63, 3.8) is 0 Å². The van der Waals surface area contributed by atoms with Gasteiger partial charge in [0.05, 0.1) is 12.6 Å². The van der Waals surface area contributed by atoms with Gasteiger partial charge in [-0.15, -0.1) is 0 Å². The number of carbonyl (C=O) groups is 2. The smallest absolute Gasteiger partial charge is 0.344 e. The van der Waals surface area contributed by atoms with Crippen molar-refractivity contribution in [1.82, 2.24) is 9.88 Å². The fraction of sp³-hybridized carbons (Fsp3) is 0.312. The molecule has 210 valence electrons. The summed E-state index contributed by atoms with van der Waals surface area (Å²) in [5, 5.41) is 12.9. The number of aromatic nitrogens is 1. The molecule has 1 amide bonds. The van der Waals surface area contributed by atoms with E-state index in [1.807, 2.05) is 49.6 Å². The number of hydrogen-bond donors (Lipinski definition) is 2. The van der Waals surface area contributed by atoms with Crippen molar-refractivity contribution >= 4 is 22.8 Å². The molecule has 0 radical (unpaired) electrons. The molecule has 0 aliphatic carbocycles. The Morgan fingerprint density at radius 3 is 2.33 bits per heavy atom. The van der Waals surface area contributed by atoms with Gasteiger partial charge >= 0.3 is 5.97 Å². The Balaban J connectivity index is 1.59. The minimum Gasteiger partial charge on any atom is -0.479 e. The minimum atomic E-state index is -1.32. The molecular weight excluding hydrogens is 514 g/mol. The van der Waals surface area contributed by atoms with E-state index in [2.05, 4.69) is 31.3 Å². The van der Waals surface area contributed by atoms with Crippen molar-refractivity contribution in [2.24, 2.45) is 0 Å². The fourth-order valence-corrected chi connectivity index (χ4v) is 4.74. The summed E-state index contributed by atoms with van der Waals surface area (Å²) in [5.74, 6) is -3.88. The molecule has 4 aromatic rings. The molecule has 6 nitrogen and oxygen atoms in total. The Hall–Kier alpha value is -4.20. The molecule has 1 aromatic heterocycles. The number of fused-ring (bicyclic) bond motifs is 1. The van der Waals surface area contributed by atoms with Gasteiger partial charge in [0.2, 0.25) is 5.82 Å². The largest absolute Gasteiger partial charge is 0.479 e. The van der Waals surface area contributed by atoms with E-state index >= 15 is 0 Å². The molecule has 8 heteroatoms. The molecule has 0 fully saturated rings. The zero-order chi connectivity index (χ0) is 29.3. The van der Waals surface area contributed by atoms with Gasteiger partial charge < -0.3 is 19.7 Å². The molecular formula is C32H34F2N2O4. The van der Waals surface area contributed by atoms with Gasteiger partial charge in [0.1, 0.15) is 0 Å². The first-order valence-corrected chi connectivity index (χ1v) is 13.3. The number of ether oxygens (including phenoxy) is 1. The zero-order valence-electron chi connectivity index (χ0n) is 23.5. The third-order valence-electron chi connectivity index (χ3n) is 7.43. The molecule has 0 spiro atoms. The highest BCUT2D eigenvalue weighted by molar-refractivity contribution is 5.99. The molecule has 3 aromatic carbocycles. The fourth-order valence-electron chi connectivity index (χ4n) is 4.74. The Kier molecular flexibility index (Phi) is 8.28. The third-order valence-corrected chi connectivity index (χ3v) is 7.43. The second kappa shape index (κ2) is 11.5. The number of rotatable bonds is 9. The number of benzene rings is 3. The van der Waals surface area contributed by atoms with Crippen molar-refractivity contribution in [2.75, 3.05) is 0 Å². The zero-order valence-corrected chi connectivity index (χ0v) is 23.5. The number of aryl methyl sites for hydroxylation is 1. The van der Waals surface area contributed by atoms with Gasteiger partial charge in [0.25, 0.3) is 5.91 Å². The van der Waals surface area contributed by atoms with Gasteiger partial charge in [0, 0.05) is 27.7 Å². The summed E-state index contributed by atoms with van der Waals surface area (Å²) in [7, 11) is 0. The van der Waals surface area contributed by atoms with Crippen molar-refractivity contribution < 1.29 is 28.2 Å². The summed E-state index contributed by atoms with van der Waals surface area (Å²) >= 11 is 0.